The van der Waals surface area contributed by atoms with Gasteiger partial charge < -0.3 is 10.6 Å². The number of aromatic nitrogens is 3. The van der Waals surface area contributed by atoms with Gasteiger partial charge in [0.25, 0.3) is 10.0 Å². The summed E-state index contributed by atoms with van der Waals surface area (Å²) in [6, 6.07) is 11.4. The average Bonchev–Trinajstić information content (AvgIpc) is 3.07. The van der Waals surface area contributed by atoms with E-state index >= 15 is 0 Å². The van der Waals surface area contributed by atoms with Gasteiger partial charge in [-0.3, -0.25) is 14.5 Å². The summed E-state index contributed by atoms with van der Waals surface area (Å²) in [5.41, 5.74) is 2.26. The van der Waals surface area contributed by atoms with E-state index in [1.54, 1.807) is 24.5 Å². The van der Waals surface area contributed by atoms with Gasteiger partial charge in [-0.25, -0.2) is 8.42 Å². The van der Waals surface area contributed by atoms with Gasteiger partial charge in [-0.05, 0) is 47.5 Å². The van der Waals surface area contributed by atoms with Gasteiger partial charge in [0.1, 0.15) is 5.82 Å². The molecule has 0 saturated carbocycles. The van der Waals surface area contributed by atoms with Gasteiger partial charge >= 0.3 is 0 Å². The van der Waals surface area contributed by atoms with Crippen LogP contribution in [0.2, 0.25) is 0 Å². The first-order chi connectivity index (χ1) is 13.5. The van der Waals surface area contributed by atoms with Gasteiger partial charge in [0, 0.05) is 24.6 Å². The number of hydrogen-bond donors (Lipinski definition) is 3. The molecular formula is C18H16N6O3S. The highest BCUT2D eigenvalue weighted by atomic mass is 32.2. The Hall–Kier alpha value is -3.53. The lowest BCUT2D eigenvalue weighted by Crippen LogP contribution is -2.15. The average molecular weight is 396 g/mol. The Morgan fingerprint density at radius 1 is 1.07 bits per heavy atom. The molecule has 142 valence electrons. The van der Waals surface area contributed by atoms with Crippen molar-refractivity contribution in [3.8, 4) is 0 Å². The van der Waals surface area contributed by atoms with Gasteiger partial charge in [0.15, 0.2) is 5.82 Å². The van der Waals surface area contributed by atoms with E-state index in [0.717, 1.165) is 5.56 Å². The molecule has 2 aromatic heterocycles. The molecule has 3 N–H and O–H groups in total. The van der Waals surface area contributed by atoms with Crippen LogP contribution in [0, 0.1) is 0 Å². The molecule has 0 unspecified atom stereocenters. The van der Waals surface area contributed by atoms with Crippen LogP contribution in [-0.4, -0.2) is 29.5 Å². The fourth-order valence-corrected chi connectivity index (χ4v) is 3.79. The summed E-state index contributed by atoms with van der Waals surface area (Å²) in [4.78, 5) is 15.5. The minimum absolute atomic E-state index is 0.0586. The van der Waals surface area contributed by atoms with Crippen molar-refractivity contribution in [3.63, 3.8) is 0 Å². The number of hydrogen-bond acceptors (Lipinski definition) is 7. The Morgan fingerprint density at radius 3 is 2.64 bits per heavy atom. The zero-order chi connectivity index (χ0) is 19.6. The predicted molar refractivity (Wildman–Crippen MR) is 103 cm³/mol. The van der Waals surface area contributed by atoms with Gasteiger partial charge in [0.2, 0.25) is 5.91 Å². The highest BCUT2D eigenvalue weighted by molar-refractivity contribution is 7.92. The molecule has 0 atom stereocenters. The first-order valence-electron chi connectivity index (χ1n) is 8.42. The van der Waals surface area contributed by atoms with Crippen LogP contribution >= 0.6 is 0 Å². The number of rotatable bonds is 6. The summed E-state index contributed by atoms with van der Waals surface area (Å²) < 4.78 is 27.5. The Kier molecular flexibility index (Phi) is 4.62. The largest absolute Gasteiger partial charge is 0.364 e. The van der Waals surface area contributed by atoms with Crippen LogP contribution in [0.25, 0.3) is 0 Å². The molecule has 1 aliphatic heterocycles. The standard InChI is InChI=1S/C18H16N6O3S/c25-18-9-13-8-14(3-4-15(13)21-18)28(26,27)24-17-6-5-16(22-23-17)20-11-12-2-1-7-19-10-12/h1-8,10H,9,11H2,(H,20,22)(H,21,25)(H,23,24). The van der Waals surface area contributed by atoms with E-state index in [9.17, 15) is 13.2 Å². The summed E-state index contributed by atoms with van der Waals surface area (Å²) in [7, 11) is -3.84. The van der Waals surface area contributed by atoms with Crippen molar-refractivity contribution in [2.75, 3.05) is 15.4 Å². The third-order valence-corrected chi connectivity index (χ3v) is 5.46. The van der Waals surface area contributed by atoms with Crippen molar-refractivity contribution in [2.24, 2.45) is 0 Å². The Balaban J connectivity index is 1.43. The minimum atomic E-state index is -3.84. The van der Waals surface area contributed by atoms with Crippen LogP contribution in [0.1, 0.15) is 11.1 Å². The van der Waals surface area contributed by atoms with Crippen molar-refractivity contribution in [3.05, 3.63) is 66.0 Å². The molecule has 3 heterocycles. The van der Waals surface area contributed by atoms with E-state index in [1.165, 1.54) is 18.2 Å². The van der Waals surface area contributed by atoms with E-state index in [2.05, 4.69) is 30.5 Å². The summed E-state index contributed by atoms with van der Waals surface area (Å²) in [6.45, 7) is 0.523. The Labute approximate surface area is 161 Å². The van der Waals surface area contributed by atoms with E-state index in [1.807, 2.05) is 12.1 Å². The quantitative estimate of drug-likeness (QED) is 0.580. The zero-order valence-electron chi connectivity index (χ0n) is 14.6. The lowest BCUT2D eigenvalue weighted by Gasteiger charge is -2.09. The molecule has 0 aliphatic carbocycles. The smallest absolute Gasteiger partial charge is 0.263 e. The summed E-state index contributed by atoms with van der Waals surface area (Å²) >= 11 is 0. The number of fused-ring (bicyclic) bond motifs is 1. The monoisotopic (exact) mass is 396 g/mol. The lowest BCUT2D eigenvalue weighted by atomic mass is 10.2. The zero-order valence-corrected chi connectivity index (χ0v) is 15.4. The number of carbonyl (C=O) groups excluding carboxylic acids is 1. The molecule has 0 spiro atoms. The molecule has 9 nitrogen and oxygen atoms in total. The van der Waals surface area contributed by atoms with Crippen LogP contribution in [-0.2, 0) is 27.8 Å². The van der Waals surface area contributed by atoms with Crippen LogP contribution in [0.4, 0.5) is 17.3 Å². The topological polar surface area (TPSA) is 126 Å². The molecular weight excluding hydrogens is 380 g/mol. The van der Waals surface area contributed by atoms with Gasteiger partial charge in [-0.2, -0.15) is 0 Å². The van der Waals surface area contributed by atoms with E-state index in [-0.39, 0.29) is 23.0 Å². The fraction of sp³-hybridized carbons (Fsp3) is 0.111. The van der Waals surface area contributed by atoms with E-state index < -0.39 is 10.0 Å². The summed E-state index contributed by atoms with van der Waals surface area (Å²) in [5.74, 6) is 0.452. The van der Waals surface area contributed by atoms with Crippen molar-refractivity contribution in [1.82, 2.24) is 15.2 Å². The molecule has 28 heavy (non-hydrogen) atoms. The van der Waals surface area contributed by atoms with E-state index in [0.29, 0.717) is 23.6 Å². The molecule has 1 aromatic carbocycles. The van der Waals surface area contributed by atoms with Gasteiger partial charge in [0.05, 0.1) is 11.3 Å². The molecule has 4 rings (SSSR count). The van der Waals surface area contributed by atoms with Crippen LogP contribution < -0.4 is 15.4 Å². The molecule has 0 saturated heterocycles. The normalized spacial score (nSPS) is 12.9. The molecule has 0 radical (unpaired) electrons. The molecule has 1 aliphatic rings. The molecule has 0 bridgehead atoms. The van der Waals surface area contributed by atoms with E-state index in [4.69, 9.17) is 0 Å². The maximum absolute atomic E-state index is 12.6. The van der Waals surface area contributed by atoms with Crippen LogP contribution in [0.15, 0.2) is 59.8 Å². The fourth-order valence-electron chi connectivity index (χ4n) is 2.75. The SMILES string of the molecule is O=C1Cc2cc(S(=O)(=O)Nc3ccc(NCc4cccnc4)nn3)ccc2N1. The Bertz CT molecular complexity index is 1120. The van der Waals surface area contributed by atoms with Crippen molar-refractivity contribution in [2.45, 2.75) is 17.9 Å². The second-order valence-corrected chi connectivity index (χ2v) is 7.85. The maximum atomic E-state index is 12.6. The lowest BCUT2D eigenvalue weighted by molar-refractivity contribution is -0.115. The number of nitrogens with one attached hydrogen (secondary N) is 3. The maximum Gasteiger partial charge on any atom is 0.263 e. The number of sulfonamides is 1. The summed E-state index contributed by atoms with van der Waals surface area (Å²) in [6.07, 6.45) is 3.60. The number of nitrogens with zero attached hydrogens (tertiary/aromatic N) is 3. The third kappa shape index (κ3) is 3.91. The molecule has 10 heteroatoms. The van der Waals surface area contributed by atoms with Gasteiger partial charge in [-0.15, -0.1) is 10.2 Å². The number of amides is 1. The minimum Gasteiger partial charge on any atom is -0.364 e. The summed E-state index contributed by atoms with van der Waals surface area (Å²) in [5, 5.41) is 13.6. The third-order valence-electron chi connectivity index (χ3n) is 4.11. The first-order valence-corrected chi connectivity index (χ1v) is 9.90. The number of anilines is 3. The number of carbonyl (C=O) groups is 1. The van der Waals surface area contributed by atoms with Gasteiger partial charge in [-0.1, -0.05) is 6.07 Å². The highest BCUT2D eigenvalue weighted by Crippen LogP contribution is 2.26. The molecule has 0 fully saturated rings. The Morgan fingerprint density at radius 2 is 1.89 bits per heavy atom. The molecule has 3 aromatic rings. The second kappa shape index (κ2) is 7.24. The second-order valence-electron chi connectivity index (χ2n) is 6.17. The molecule has 1 amide bonds. The first kappa shape index (κ1) is 17.9. The van der Waals surface area contributed by atoms with Crippen molar-refractivity contribution < 1.29 is 13.2 Å². The van der Waals surface area contributed by atoms with Crippen LogP contribution in [0.5, 0.6) is 0 Å². The van der Waals surface area contributed by atoms with Crippen molar-refractivity contribution in [1.29, 1.82) is 0 Å². The van der Waals surface area contributed by atoms with Crippen molar-refractivity contribution >= 4 is 33.3 Å². The number of benzene rings is 1. The van der Waals surface area contributed by atoms with Crippen LogP contribution in [0.3, 0.4) is 0 Å². The number of pyridine rings is 1. The predicted octanol–water partition coefficient (Wildman–Crippen LogP) is 1.78. The highest BCUT2D eigenvalue weighted by Gasteiger charge is 2.22.